The van der Waals surface area contributed by atoms with Crippen molar-refractivity contribution >= 4 is 41.4 Å². The Bertz CT molecular complexity index is 1410. The number of carbonyl (C=O) groups is 3. The van der Waals surface area contributed by atoms with Crippen LogP contribution in [0, 0.1) is 20.2 Å². The summed E-state index contributed by atoms with van der Waals surface area (Å²) in [5.41, 5.74) is 3.63. The van der Waals surface area contributed by atoms with Gasteiger partial charge in [0, 0.05) is 47.2 Å². The van der Waals surface area contributed by atoms with Crippen molar-refractivity contribution in [3.05, 3.63) is 102 Å². The monoisotopic (exact) mass is 598 g/mol. The summed E-state index contributed by atoms with van der Waals surface area (Å²) in [5, 5.41) is 26.8. The van der Waals surface area contributed by atoms with Crippen LogP contribution in [0.3, 0.4) is 0 Å². The Balaban J connectivity index is 2.57. The fraction of sp³-hybridized carbons (Fsp3) is 0.321. The van der Waals surface area contributed by atoms with Gasteiger partial charge >= 0.3 is 11.9 Å². The zero-order chi connectivity index (χ0) is 31.0. The largest absolute Gasteiger partial charge is 0.463 e. The first-order chi connectivity index (χ1) is 20.0. The number of ether oxygens (including phenoxy) is 2. The summed E-state index contributed by atoms with van der Waals surface area (Å²) in [6.07, 6.45) is 0.586. The maximum Gasteiger partial charge on any atom is 0.337 e. The molecular weight excluding hydrogens is 568 g/mol. The molecule has 2 aromatic rings. The zero-order valence-corrected chi connectivity index (χ0v) is 24.0. The van der Waals surface area contributed by atoms with Crippen LogP contribution in [0.4, 0.5) is 11.4 Å². The summed E-state index contributed by atoms with van der Waals surface area (Å²) >= 11 is 1.22. The van der Waals surface area contributed by atoms with Crippen molar-refractivity contribution in [2.24, 2.45) is 5.73 Å². The number of aldehydes is 1. The topological polar surface area (TPSA) is 194 Å². The van der Waals surface area contributed by atoms with Gasteiger partial charge in [0.1, 0.15) is 6.29 Å². The van der Waals surface area contributed by atoms with Gasteiger partial charge in [-0.1, -0.05) is 24.3 Å². The number of benzene rings is 2. The van der Waals surface area contributed by atoms with Gasteiger partial charge < -0.3 is 25.3 Å². The van der Waals surface area contributed by atoms with Crippen molar-refractivity contribution in [2.45, 2.75) is 32.2 Å². The quantitative estimate of drug-likeness (QED) is 0.148. The number of allylic oxidation sites excluding steroid dienone is 1. The second-order valence-electron chi connectivity index (χ2n) is 9.10. The van der Waals surface area contributed by atoms with Crippen LogP contribution in [0.1, 0.15) is 31.9 Å². The molecule has 14 heteroatoms. The van der Waals surface area contributed by atoms with Crippen LogP contribution in [0.5, 0.6) is 0 Å². The normalized spacial score (nSPS) is 15.0. The molecule has 1 unspecified atom stereocenters. The van der Waals surface area contributed by atoms with Crippen molar-refractivity contribution in [3.63, 3.8) is 0 Å². The Morgan fingerprint density at radius 3 is 1.93 bits per heavy atom. The van der Waals surface area contributed by atoms with Gasteiger partial charge in [-0.15, -0.1) is 0 Å². The van der Waals surface area contributed by atoms with Crippen LogP contribution in [0.2, 0.25) is 0 Å². The van der Waals surface area contributed by atoms with E-state index in [4.69, 9.17) is 15.2 Å². The molecule has 1 heterocycles. The molecule has 0 fully saturated rings. The lowest BCUT2D eigenvalue weighted by molar-refractivity contribution is -0.385. The Morgan fingerprint density at radius 1 is 0.976 bits per heavy atom. The van der Waals surface area contributed by atoms with Gasteiger partial charge in [0.05, 0.1) is 45.7 Å². The smallest absolute Gasteiger partial charge is 0.337 e. The lowest BCUT2D eigenvalue weighted by Gasteiger charge is -2.42. The average molecular weight is 599 g/mol. The van der Waals surface area contributed by atoms with Crippen molar-refractivity contribution < 1.29 is 33.7 Å². The highest BCUT2D eigenvalue weighted by molar-refractivity contribution is 7.99. The van der Waals surface area contributed by atoms with E-state index >= 15 is 0 Å². The minimum absolute atomic E-state index is 0.0414. The van der Waals surface area contributed by atoms with Crippen LogP contribution in [0.25, 0.3) is 0 Å². The highest BCUT2D eigenvalue weighted by Gasteiger charge is 2.54. The van der Waals surface area contributed by atoms with E-state index in [9.17, 15) is 34.6 Å². The SMILES string of the molecule is CCOC(=O)C1=C(C)NC(CSCC(N)C=O)=C(C(=O)OCC)C1(c1cccc([N+](=O)[O-])c1)c1cccc([N+](=O)[O-])c1. The lowest BCUT2D eigenvalue weighted by atomic mass is 9.61. The average Bonchev–Trinajstić information content (AvgIpc) is 2.96. The third-order valence-electron chi connectivity index (χ3n) is 6.44. The van der Waals surface area contributed by atoms with Gasteiger partial charge in [-0.05, 0) is 31.9 Å². The van der Waals surface area contributed by atoms with Gasteiger partial charge in [0.25, 0.3) is 11.4 Å². The molecule has 3 N–H and O–H groups in total. The van der Waals surface area contributed by atoms with Crippen molar-refractivity contribution in [1.82, 2.24) is 5.32 Å². The number of nitrogens with two attached hydrogens (primary N) is 1. The van der Waals surface area contributed by atoms with Gasteiger partial charge in [-0.25, -0.2) is 9.59 Å². The predicted molar refractivity (Wildman–Crippen MR) is 154 cm³/mol. The van der Waals surface area contributed by atoms with Crippen molar-refractivity contribution in [3.8, 4) is 0 Å². The van der Waals surface area contributed by atoms with Gasteiger partial charge in [0.2, 0.25) is 0 Å². The number of esters is 2. The summed E-state index contributed by atoms with van der Waals surface area (Å²) in [4.78, 5) is 61.3. The van der Waals surface area contributed by atoms with Crippen LogP contribution in [0.15, 0.2) is 71.1 Å². The zero-order valence-electron chi connectivity index (χ0n) is 23.2. The Hall–Kier alpha value is -4.56. The standard InChI is InChI=1S/C28H30N4O9S/c1-4-40-26(34)24-17(3)30-23(16-42-15-20(29)14-33)25(27(35)41-5-2)28(24,18-8-6-10-21(12-18)31(36)37)19-9-7-11-22(13-19)32(38)39/h6-14,20,30H,4-5,15-16,29H2,1-3H3. The molecule has 1 atom stereocenters. The van der Waals surface area contributed by atoms with Crippen molar-refractivity contribution in [1.29, 1.82) is 0 Å². The number of nitro groups is 2. The lowest BCUT2D eigenvalue weighted by Crippen LogP contribution is -2.47. The van der Waals surface area contributed by atoms with E-state index in [0.717, 1.165) is 0 Å². The molecule has 1 aliphatic rings. The summed E-state index contributed by atoms with van der Waals surface area (Å²) in [6.45, 7) is 4.64. The number of nitrogens with zero attached hydrogens (tertiary/aromatic N) is 2. The van der Waals surface area contributed by atoms with E-state index in [1.165, 1.54) is 60.3 Å². The number of dihydropyridines is 1. The second-order valence-corrected chi connectivity index (χ2v) is 10.1. The van der Waals surface area contributed by atoms with E-state index in [1.54, 1.807) is 20.8 Å². The number of rotatable bonds is 13. The first-order valence-electron chi connectivity index (χ1n) is 12.9. The van der Waals surface area contributed by atoms with Crippen LogP contribution < -0.4 is 11.1 Å². The number of nitrogens with one attached hydrogen (secondary N) is 1. The summed E-state index contributed by atoms with van der Waals surface area (Å²) < 4.78 is 10.9. The number of hydrogen-bond acceptors (Lipinski definition) is 12. The summed E-state index contributed by atoms with van der Waals surface area (Å²) in [7, 11) is 0. The predicted octanol–water partition coefficient (Wildman–Crippen LogP) is 3.31. The van der Waals surface area contributed by atoms with E-state index in [0.29, 0.717) is 6.29 Å². The molecular formula is C28H30N4O9S. The highest BCUT2D eigenvalue weighted by atomic mass is 32.2. The Kier molecular flexibility index (Phi) is 10.6. The fourth-order valence-electron chi connectivity index (χ4n) is 4.87. The molecule has 2 aromatic carbocycles. The van der Waals surface area contributed by atoms with E-state index in [-0.39, 0.29) is 69.8 Å². The summed E-state index contributed by atoms with van der Waals surface area (Å²) in [5.74, 6) is -1.45. The molecule has 222 valence electrons. The van der Waals surface area contributed by atoms with Crippen molar-refractivity contribution in [2.75, 3.05) is 24.7 Å². The molecule has 13 nitrogen and oxygen atoms in total. The first-order valence-corrected chi connectivity index (χ1v) is 14.0. The van der Waals surface area contributed by atoms with E-state index < -0.39 is 33.2 Å². The fourth-order valence-corrected chi connectivity index (χ4v) is 5.76. The number of carbonyl (C=O) groups excluding carboxylic acids is 3. The first kappa shape index (κ1) is 32.0. The molecule has 0 aliphatic carbocycles. The molecule has 0 saturated heterocycles. The Morgan fingerprint density at radius 2 is 1.48 bits per heavy atom. The Labute approximate surface area is 245 Å². The molecule has 3 rings (SSSR count). The van der Waals surface area contributed by atoms with E-state index in [2.05, 4.69) is 5.32 Å². The minimum atomic E-state index is -1.95. The van der Waals surface area contributed by atoms with Crippen LogP contribution >= 0.6 is 11.8 Å². The van der Waals surface area contributed by atoms with E-state index in [1.807, 2.05) is 0 Å². The summed E-state index contributed by atoms with van der Waals surface area (Å²) in [6, 6.07) is 9.92. The van der Waals surface area contributed by atoms with Gasteiger partial charge in [-0.3, -0.25) is 20.2 Å². The number of thioether (sulfide) groups is 1. The molecule has 42 heavy (non-hydrogen) atoms. The molecule has 0 saturated carbocycles. The van der Waals surface area contributed by atoms with Crippen LogP contribution in [-0.4, -0.2) is 58.8 Å². The number of non-ortho nitro benzene ring substituents is 2. The molecule has 0 amide bonds. The second kappa shape index (κ2) is 13.9. The van der Waals surface area contributed by atoms with Crippen LogP contribution in [-0.2, 0) is 29.3 Å². The maximum atomic E-state index is 13.9. The third kappa shape index (κ3) is 6.34. The van der Waals surface area contributed by atoms with Gasteiger partial charge in [0.15, 0.2) is 0 Å². The maximum absolute atomic E-state index is 13.9. The minimum Gasteiger partial charge on any atom is -0.463 e. The third-order valence-corrected chi connectivity index (χ3v) is 7.55. The number of nitro benzene ring substituents is 2. The molecule has 0 aromatic heterocycles. The highest BCUT2D eigenvalue weighted by Crippen LogP contribution is 2.51. The number of hydrogen-bond donors (Lipinski definition) is 2. The molecule has 0 radical (unpaired) electrons. The molecule has 1 aliphatic heterocycles. The molecule has 0 spiro atoms. The molecule has 0 bridgehead atoms. The van der Waals surface area contributed by atoms with Gasteiger partial charge in [-0.2, -0.15) is 11.8 Å².